The van der Waals surface area contributed by atoms with Gasteiger partial charge in [0.2, 0.25) is 5.91 Å². The van der Waals surface area contributed by atoms with E-state index in [0.717, 1.165) is 18.2 Å². The summed E-state index contributed by atoms with van der Waals surface area (Å²) in [5.41, 5.74) is 4.61. The average molecular weight is 402 g/mol. The number of H-pyrrole nitrogens is 1. The van der Waals surface area contributed by atoms with Gasteiger partial charge in [0.1, 0.15) is 5.82 Å². The molecule has 0 saturated heterocycles. The van der Waals surface area contributed by atoms with Gasteiger partial charge < -0.3 is 20.1 Å². The van der Waals surface area contributed by atoms with Gasteiger partial charge in [-0.1, -0.05) is 13.3 Å². The summed E-state index contributed by atoms with van der Waals surface area (Å²) in [7, 11) is 2.72. The summed E-state index contributed by atoms with van der Waals surface area (Å²) in [4.78, 5) is 51.6. The largest absolute Gasteiger partial charge is 0.468 e. The highest BCUT2D eigenvalue weighted by atomic mass is 32.2. The first-order chi connectivity index (χ1) is 12.9. The van der Waals surface area contributed by atoms with Crippen LogP contribution in [0.4, 0.5) is 11.5 Å². The molecule has 11 heteroatoms. The average Bonchev–Trinajstić information content (AvgIpc) is 2.63. The zero-order chi connectivity index (χ0) is 20.4. The van der Waals surface area contributed by atoms with Gasteiger partial charge in [-0.25, -0.2) is 4.79 Å². The molecule has 1 aromatic rings. The first kappa shape index (κ1) is 22.8. The van der Waals surface area contributed by atoms with Crippen molar-refractivity contribution in [2.24, 2.45) is 0 Å². The zero-order valence-electron chi connectivity index (χ0n) is 15.8. The number of carbonyl (C=O) groups excluding carboxylic acids is 2. The Bertz CT molecular complexity index is 760. The zero-order valence-corrected chi connectivity index (χ0v) is 16.6. The summed E-state index contributed by atoms with van der Waals surface area (Å²) < 4.78 is 10.8. The van der Waals surface area contributed by atoms with Crippen molar-refractivity contribution < 1.29 is 19.1 Å². The van der Waals surface area contributed by atoms with Gasteiger partial charge in [0.15, 0.2) is 5.69 Å². The van der Waals surface area contributed by atoms with Gasteiger partial charge >= 0.3 is 11.7 Å². The summed E-state index contributed by atoms with van der Waals surface area (Å²) in [6.45, 7) is 2.53. The van der Waals surface area contributed by atoms with Crippen molar-refractivity contribution in [2.75, 3.05) is 49.5 Å². The maximum Gasteiger partial charge on any atom is 0.330 e. The molecular weight excluding hydrogens is 376 g/mol. The van der Waals surface area contributed by atoms with E-state index >= 15 is 0 Å². The summed E-state index contributed by atoms with van der Waals surface area (Å²) in [6, 6.07) is 0. The number of unbranched alkanes of at least 4 members (excludes halogenated alkanes) is 1. The lowest BCUT2D eigenvalue weighted by molar-refractivity contribution is -0.137. The van der Waals surface area contributed by atoms with Gasteiger partial charge in [0.05, 0.1) is 25.2 Å². The first-order valence-corrected chi connectivity index (χ1v) is 9.59. The number of rotatable bonds is 11. The Kier molecular flexibility index (Phi) is 9.65. The van der Waals surface area contributed by atoms with E-state index in [4.69, 9.17) is 10.5 Å². The maximum absolute atomic E-state index is 12.6. The highest BCUT2D eigenvalue weighted by Gasteiger charge is 2.24. The molecule has 0 unspecified atom stereocenters. The number of hydrogen-bond donors (Lipinski definition) is 2. The Balaban J connectivity index is 3.18. The third-order valence-corrected chi connectivity index (χ3v) is 4.60. The fourth-order valence-electron chi connectivity index (χ4n) is 2.28. The van der Waals surface area contributed by atoms with Crippen LogP contribution in [0.2, 0.25) is 0 Å². The summed E-state index contributed by atoms with van der Waals surface area (Å²) in [5, 5.41) is 0. The van der Waals surface area contributed by atoms with Gasteiger partial charge in [-0.2, -0.15) is 0 Å². The molecule has 1 aromatic heterocycles. The lowest BCUT2D eigenvalue weighted by atomic mass is 10.3. The van der Waals surface area contributed by atoms with Crippen molar-refractivity contribution in [1.82, 2.24) is 9.55 Å². The van der Waals surface area contributed by atoms with Crippen LogP contribution in [0.5, 0.6) is 0 Å². The monoisotopic (exact) mass is 402 g/mol. The molecule has 0 bridgehead atoms. The number of nitrogens with one attached hydrogen (secondary N) is 1. The molecule has 1 heterocycles. The smallest absolute Gasteiger partial charge is 0.330 e. The van der Waals surface area contributed by atoms with Gasteiger partial charge in [-0.3, -0.25) is 23.9 Å². The van der Waals surface area contributed by atoms with Crippen LogP contribution < -0.4 is 21.9 Å². The Hall–Kier alpha value is -2.27. The van der Waals surface area contributed by atoms with Crippen LogP contribution in [0.3, 0.4) is 0 Å². The third kappa shape index (κ3) is 6.43. The molecule has 152 valence electrons. The van der Waals surface area contributed by atoms with Crippen molar-refractivity contribution in [3.8, 4) is 0 Å². The Labute approximate surface area is 161 Å². The quantitative estimate of drug-likeness (QED) is 0.486. The SMILES string of the molecule is CCCCn1c(N)c(N(CCOC)C(=O)CSCC(=O)OC)c(=O)[nH]c1=O. The fourth-order valence-corrected chi connectivity index (χ4v) is 3.00. The van der Waals surface area contributed by atoms with E-state index < -0.39 is 23.1 Å². The van der Waals surface area contributed by atoms with E-state index in [1.165, 1.54) is 23.7 Å². The lowest BCUT2D eigenvalue weighted by Crippen LogP contribution is -2.43. The Morgan fingerprint density at radius 1 is 1.26 bits per heavy atom. The number of carbonyl (C=O) groups is 2. The predicted octanol–water partition coefficient (Wildman–Crippen LogP) is -0.195. The lowest BCUT2D eigenvalue weighted by Gasteiger charge is -2.24. The number of methoxy groups -OCH3 is 2. The molecule has 0 saturated carbocycles. The molecule has 10 nitrogen and oxygen atoms in total. The van der Waals surface area contributed by atoms with Crippen LogP contribution in [0.1, 0.15) is 19.8 Å². The van der Waals surface area contributed by atoms with E-state index in [-0.39, 0.29) is 36.2 Å². The minimum atomic E-state index is -0.743. The molecule has 0 aromatic carbocycles. The number of nitrogens with zero attached hydrogens (tertiary/aromatic N) is 2. The normalized spacial score (nSPS) is 10.6. The molecule has 0 atom stereocenters. The van der Waals surface area contributed by atoms with Crippen molar-refractivity contribution in [2.45, 2.75) is 26.3 Å². The van der Waals surface area contributed by atoms with Crippen LogP contribution in [0.15, 0.2) is 9.59 Å². The first-order valence-electron chi connectivity index (χ1n) is 8.43. The molecule has 0 spiro atoms. The number of ether oxygens (including phenoxy) is 2. The molecular formula is C16H26N4O6S. The number of hydrogen-bond acceptors (Lipinski definition) is 8. The number of amides is 1. The van der Waals surface area contributed by atoms with Crippen LogP contribution in [0, 0.1) is 0 Å². The highest BCUT2D eigenvalue weighted by Crippen LogP contribution is 2.18. The second-order valence-corrected chi connectivity index (χ2v) is 6.59. The number of esters is 1. The van der Waals surface area contributed by atoms with Crippen molar-refractivity contribution in [1.29, 1.82) is 0 Å². The van der Waals surface area contributed by atoms with Gasteiger partial charge in [-0.05, 0) is 6.42 Å². The molecule has 1 amide bonds. The van der Waals surface area contributed by atoms with Crippen LogP contribution in [-0.2, 0) is 25.6 Å². The number of thioether (sulfide) groups is 1. The van der Waals surface area contributed by atoms with E-state index in [1.54, 1.807) is 0 Å². The summed E-state index contributed by atoms with van der Waals surface area (Å²) in [6.07, 6.45) is 1.52. The van der Waals surface area contributed by atoms with Crippen LogP contribution in [0.25, 0.3) is 0 Å². The summed E-state index contributed by atoms with van der Waals surface area (Å²) >= 11 is 1.06. The topological polar surface area (TPSA) is 137 Å². The molecule has 3 N–H and O–H groups in total. The van der Waals surface area contributed by atoms with E-state index in [9.17, 15) is 19.2 Å². The Morgan fingerprint density at radius 3 is 2.56 bits per heavy atom. The molecule has 0 radical (unpaired) electrons. The fraction of sp³-hybridized carbons (Fsp3) is 0.625. The number of aromatic nitrogens is 2. The second-order valence-electron chi connectivity index (χ2n) is 5.61. The van der Waals surface area contributed by atoms with Gasteiger partial charge in [0.25, 0.3) is 5.56 Å². The van der Waals surface area contributed by atoms with Gasteiger partial charge in [0, 0.05) is 20.2 Å². The highest BCUT2D eigenvalue weighted by molar-refractivity contribution is 8.00. The number of nitrogens with two attached hydrogens (primary N) is 1. The van der Waals surface area contributed by atoms with E-state index in [0.29, 0.717) is 13.0 Å². The van der Waals surface area contributed by atoms with Gasteiger partial charge in [-0.15, -0.1) is 11.8 Å². The van der Waals surface area contributed by atoms with E-state index in [1.807, 2.05) is 6.92 Å². The van der Waals surface area contributed by atoms with Crippen molar-refractivity contribution in [3.05, 3.63) is 20.8 Å². The predicted molar refractivity (Wildman–Crippen MR) is 104 cm³/mol. The number of aromatic amines is 1. The minimum absolute atomic E-state index is 0.00218. The van der Waals surface area contributed by atoms with Crippen molar-refractivity contribution in [3.63, 3.8) is 0 Å². The molecule has 0 aliphatic rings. The Morgan fingerprint density at radius 2 is 1.96 bits per heavy atom. The molecule has 0 fully saturated rings. The standard InChI is InChI=1S/C16H26N4O6S/c1-4-5-6-20-14(17)13(15(23)18-16(20)24)19(7-8-25-2)11(21)9-27-10-12(22)26-3/h4-10,17H2,1-3H3,(H,18,23,24). The maximum atomic E-state index is 12.6. The van der Waals surface area contributed by atoms with E-state index in [2.05, 4.69) is 9.72 Å². The molecule has 1 rings (SSSR count). The molecule has 27 heavy (non-hydrogen) atoms. The number of anilines is 2. The number of nitrogen functional groups attached to an aromatic ring is 1. The summed E-state index contributed by atoms with van der Waals surface area (Å²) in [5.74, 6) is -1.02. The van der Waals surface area contributed by atoms with Crippen molar-refractivity contribution >= 4 is 35.1 Å². The molecule has 0 aliphatic heterocycles. The third-order valence-electron chi connectivity index (χ3n) is 3.71. The van der Waals surface area contributed by atoms with Crippen LogP contribution >= 0.6 is 11.8 Å². The minimum Gasteiger partial charge on any atom is -0.468 e. The second kappa shape index (κ2) is 11.4. The van der Waals surface area contributed by atoms with Crippen LogP contribution in [-0.4, -0.2) is 60.3 Å². The molecule has 0 aliphatic carbocycles.